The quantitative estimate of drug-likeness (QED) is 0.837. The summed E-state index contributed by atoms with van der Waals surface area (Å²) in [5.74, 6) is 0.315. The van der Waals surface area contributed by atoms with Crippen LogP contribution in [0.25, 0.3) is 0 Å². The second-order valence-corrected chi connectivity index (χ2v) is 5.93. The fraction of sp³-hybridized carbons (Fsp3) is 0.667. The van der Waals surface area contributed by atoms with E-state index in [4.69, 9.17) is 4.42 Å². The first-order valence-electron chi connectivity index (χ1n) is 7.43. The van der Waals surface area contributed by atoms with Crippen molar-refractivity contribution in [3.05, 3.63) is 24.2 Å². The highest BCUT2D eigenvalue weighted by atomic mass is 19.4. The molecule has 1 fully saturated rings. The Morgan fingerprint density at radius 1 is 1.50 bits per heavy atom. The Hall–Kier alpha value is -1.50. The molecule has 1 aromatic rings. The standard InChI is InChI=1S/C15H21F3N2O2/c1-12-4-2-6-19(8-12)10-14(21)20(11-15(16,17)18)9-13-5-3-7-22-13/h3,5,7,12H,2,4,6,8-11H2,1H3. The maximum Gasteiger partial charge on any atom is 0.406 e. The van der Waals surface area contributed by atoms with Gasteiger partial charge in [0.15, 0.2) is 0 Å². The molecule has 4 nitrogen and oxygen atoms in total. The molecule has 2 rings (SSSR count). The maximum absolute atomic E-state index is 12.7. The first-order valence-corrected chi connectivity index (χ1v) is 7.43. The van der Waals surface area contributed by atoms with Crippen LogP contribution in [0.5, 0.6) is 0 Å². The number of alkyl halides is 3. The Morgan fingerprint density at radius 2 is 2.27 bits per heavy atom. The number of amides is 1. The molecule has 1 aliphatic rings. The Bertz CT molecular complexity index is 474. The van der Waals surface area contributed by atoms with Crippen molar-refractivity contribution in [1.82, 2.24) is 9.80 Å². The van der Waals surface area contributed by atoms with Crippen molar-refractivity contribution in [2.45, 2.75) is 32.5 Å². The van der Waals surface area contributed by atoms with Gasteiger partial charge in [-0.3, -0.25) is 9.69 Å². The first kappa shape index (κ1) is 16.9. The number of likely N-dealkylation sites (tertiary alicyclic amines) is 1. The van der Waals surface area contributed by atoms with Gasteiger partial charge in [0.05, 0.1) is 19.4 Å². The van der Waals surface area contributed by atoms with Crippen LogP contribution in [0.2, 0.25) is 0 Å². The fourth-order valence-electron chi connectivity index (χ4n) is 2.76. The molecule has 1 aliphatic heterocycles. The van der Waals surface area contributed by atoms with E-state index in [0.29, 0.717) is 11.7 Å². The molecule has 1 saturated heterocycles. The molecule has 0 spiro atoms. The summed E-state index contributed by atoms with van der Waals surface area (Å²) in [6.07, 6.45) is -0.954. The van der Waals surface area contributed by atoms with Crippen molar-refractivity contribution in [2.75, 3.05) is 26.2 Å². The molecule has 0 bridgehead atoms. The number of piperidine rings is 1. The van der Waals surface area contributed by atoms with E-state index < -0.39 is 18.6 Å². The van der Waals surface area contributed by atoms with E-state index in [0.717, 1.165) is 30.8 Å². The summed E-state index contributed by atoms with van der Waals surface area (Å²) in [5, 5.41) is 0. The molecule has 0 N–H and O–H groups in total. The molecule has 1 amide bonds. The van der Waals surface area contributed by atoms with E-state index >= 15 is 0 Å². The summed E-state index contributed by atoms with van der Waals surface area (Å²) in [4.78, 5) is 15.0. The number of carbonyl (C=O) groups excluding carboxylic acids is 1. The van der Waals surface area contributed by atoms with E-state index in [1.807, 2.05) is 4.90 Å². The van der Waals surface area contributed by atoms with E-state index in [-0.39, 0.29) is 13.1 Å². The van der Waals surface area contributed by atoms with E-state index in [2.05, 4.69) is 6.92 Å². The maximum atomic E-state index is 12.7. The molecule has 7 heteroatoms. The Kier molecular flexibility index (Phi) is 5.50. The third-order valence-electron chi connectivity index (χ3n) is 3.75. The Morgan fingerprint density at radius 3 is 2.86 bits per heavy atom. The van der Waals surface area contributed by atoms with Crippen molar-refractivity contribution in [3.63, 3.8) is 0 Å². The van der Waals surface area contributed by atoms with Gasteiger partial charge in [-0.15, -0.1) is 0 Å². The number of nitrogens with zero attached hydrogens (tertiary/aromatic N) is 2. The highest BCUT2D eigenvalue weighted by Crippen LogP contribution is 2.20. The largest absolute Gasteiger partial charge is 0.467 e. The molecule has 22 heavy (non-hydrogen) atoms. The van der Waals surface area contributed by atoms with Gasteiger partial charge >= 0.3 is 6.18 Å². The number of carbonyl (C=O) groups is 1. The topological polar surface area (TPSA) is 36.7 Å². The summed E-state index contributed by atoms with van der Waals surface area (Å²) in [6.45, 7) is 2.22. The van der Waals surface area contributed by atoms with Crippen LogP contribution in [0.3, 0.4) is 0 Å². The summed E-state index contributed by atoms with van der Waals surface area (Å²) >= 11 is 0. The molecule has 1 aromatic heterocycles. The third-order valence-corrected chi connectivity index (χ3v) is 3.75. The normalized spacial score (nSPS) is 20.1. The van der Waals surface area contributed by atoms with Gasteiger partial charge in [0.25, 0.3) is 0 Å². The lowest BCUT2D eigenvalue weighted by Crippen LogP contribution is -2.46. The smallest absolute Gasteiger partial charge is 0.406 e. The first-order chi connectivity index (χ1) is 10.3. The average molecular weight is 318 g/mol. The average Bonchev–Trinajstić information content (AvgIpc) is 2.89. The van der Waals surface area contributed by atoms with Gasteiger partial charge in [0.1, 0.15) is 12.3 Å². The lowest BCUT2D eigenvalue weighted by Gasteiger charge is -2.32. The lowest BCUT2D eigenvalue weighted by molar-refractivity contribution is -0.163. The van der Waals surface area contributed by atoms with Crippen LogP contribution >= 0.6 is 0 Å². The van der Waals surface area contributed by atoms with Crippen LogP contribution in [-0.2, 0) is 11.3 Å². The van der Waals surface area contributed by atoms with Gasteiger partial charge in [-0.05, 0) is 37.4 Å². The van der Waals surface area contributed by atoms with Gasteiger partial charge in [-0.2, -0.15) is 13.2 Å². The number of hydrogen-bond donors (Lipinski definition) is 0. The van der Waals surface area contributed by atoms with Crippen molar-refractivity contribution in [1.29, 1.82) is 0 Å². The molecule has 0 aliphatic carbocycles. The van der Waals surface area contributed by atoms with Gasteiger partial charge in [-0.1, -0.05) is 6.92 Å². The zero-order valence-corrected chi connectivity index (χ0v) is 12.6. The number of halogens is 3. The van der Waals surface area contributed by atoms with E-state index in [1.165, 1.54) is 6.26 Å². The molecule has 0 radical (unpaired) electrons. The summed E-state index contributed by atoms with van der Waals surface area (Å²) in [5.41, 5.74) is 0. The van der Waals surface area contributed by atoms with E-state index in [1.54, 1.807) is 12.1 Å². The molecule has 124 valence electrons. The molecule has 0 aromatic carbocycles. The predicted molar refractivity (Wildman–Crippen MR) is 75.0 cm³/mol. The highest BCUT2D eigenvalue weighted by molar-refractivity contribution is 5.78. The number of hydrogen-bond acceptors (Lipinski definition) is 3. The summed E-state index contributed by atoms with van der Waals surface area (Å²) < 4.78 is 43.2. The van der Waals surface area contributed by atoms with Gasteiger partial charge < -0.3 is 9.32 Å². The van der Waals surface area contributed by atoms with Crippen LogP contribution in [-0.4, -0.2) is 48.1 Å². The van der Waals surface area contributed by atoms with Crippen molar-refractivity contribution < 1.29 is 22.4 Å². The minimum atomic E-state index is -4.42. The second-order valence-electron chi connectivity index (χ2n) is 5.93. The van der Waals surface area contributed by atoms with Crippen LogP contribution in [0.4, 0.5) is 13.2 Å². The SMILES string of the molecule is CC1CCCN(CC(=O)N(Cc2ccco2)CC(F)(F)F)C1. The summed E-state index contributed by atoms with van der Waals surface area (Å²) in [7, 11) is 0. The highest BCUT2D eigenvalue weighted by Gasteiger charge is 2.34. The predicted octanol–water partition coefficient (Wildman–Crippen LogP) is 2.90. The molecule has 1 unspecified atom stereocenters. The third kappa shape index (κ3) is 5.36. The molecule has 2 heterocycles. The van der Waals surface area contributed by atoms with Crippen LogP contribution in [0.1, 0.15) is 25.5 Å². The Labute approximate surface area is 127 Å². The van der Waals surface area contributed by atoms with Crippen molar-refractivity contribution >= 4 is 5.91 Å². The van der Waals surface area contributed by atoms with Crippen molar-refractivity contribution in [3.8, 4) is 0 Å². The second kappa shape index (κ2) is 7.17. The summed E-state index contributed by atoms with van der Waals surface area (Å²) in [6, 6.07) is 3.16. The lowest BCUT2D eigenvalue weighted by atomic mass is 10.0. The molecule has 1 atom stereocenters. The van der Waals surface area contributed by atoms with Crippen LogP contribution < -0.4 is 0 Å². The zero-order valence-electron chi connectivity index (χ0n) is 12.6. The number of rotatable bonds is 5. The molecular weight excluding hydrogens is 297 g/mol. The minimum Gasteiger partial charge on any atom is -0.467 e. The minimum absolute atomic E-state index is 0.0289. The van der Waals surface area contributed by atoms with Gasteiger partial charge in [0.2, 0.25) is 5.91 Å². The van der Waals surface area contributed by atoms with E-state index in [9.17, 15) is 18.0 Å². The zero-order chi connectivity index (χ0) is 16.2. The molecular formula is C15H21F3N2O2. The Balaban J connectivity index is 1.98. The number of furan rings is 1. The van der Waals surface area contributed by atoms with Gasteiger partial charge in [0, 0.05) is 6.54 Å². The van der Waals surface area contributed by atoms with Gasteiger partial charge in [-0.25, -0.2) is 0 Å². The monoisotopic (exact) mass is 318 g/mol. The molecule has 0 saturated carbocycles. The van der Waals surface area contributed by atoms with Crippen molar-refractivity contribution in [2.24, 2.45) is 5.92 Å². The van der Waals surface area contributed by atoms with Crippen LogP contribution in [0.15, 0.2) is 22.8 Å². The van der Waals surface area contributed by atoms with Crippen LogP contribution in [0, 0.1) is 5.92 Å². The fourth-order valence-corrected chi connectivity index (χ4v) is 2.76.